The summed E-state index contributed by atoms with van der Waals surface area (Å²) in [4.78, 5) is 11.0. The molecular formula is C13H22N4. The Hall–Kier alpha value is -1.42. The molecule has 0 aliphatic rings. The lowest BCUT2D eigenvalue weighted by atomic mass is 10.3. The van der Waals surface area contributed by atoms with Gasteiger partial charge in [0.25, 0.3) is 0 Å². The molecule has 0 aliphatic heterocycles. The Labute approximate surface area is 104 Å². The van der Waals surface area contributed by atoms with Crippen LogP contribution in [0.5, 0.6) is 0 Å². The number of anilines is 1. The average Bonchev–Trinajstić information content (AvgIpc) is 2.34. The fourth-order valence-electron chi connectivity index (χ4n) is 1.54. The van der Waals surface area contributed by atoms with Gasteiger partial charge in [0.1, 0.15) is 5.82 Å². The predicted molar refractivity (Wildman–Crippen MR) is 72.1 cm³/mol. The van der Waals surface area contributed by atoms with Crippen molar-refractivity contribution in [1.29, 1.82) is 0 Å². The highest BCUT2D eigenvalue weighted by Crippen LogP contribution is 2.10. The molecule has 0 fully saturated rings. The van der Waals surface area contributed by atoms with E-state index in [1.54, 1.807) is 0 Å². The summed E-state index contributed by atoms with van der Waals surface area (Å²) in [5.74, 6) is 0.913. The van der Waals surface area contributed by atoms with E-state index >= 15 is 0 Å². The summed E-state index contributed by atoms with van der Waals surface area (Å²) in [6, 6.07) is 0. The molecule has 94 valence electrons. The first-order valence-electron chi connectivity index (χ1n) is 6.08. The van der Waals surface area contributed by atoms with Crippen molar-refractivity contribution < 1.29 is 0 Å². The molecule has 0 bridgehead atoms. The van der Waals surface area contributed by atoms with Crippen molar-refractivity contribution in [3.63, 3.8) is 0 Å². The summed E-state index contributed by atoms with van der Waals surface area (Å²) in [6.45, 7) is 13.6. The molecule has 4 heteroatoms. The molecule has 0 unspecified atom stereocenters. The van der Waals surface area contributed by atoms with E-state index in [-0.39, 0.29) is 0 Å². The van der Waals surface area contributed by atoms with Gasteiger partial charge in [-0.3, -0.25) is 4.98 Å². The van der Waals surface area contributed by atoms with Gasteiger partial charge in [0.2, 0.25) is 0 Å². The van der Waals surface area contributed by atoms with Crippen LogP contribution in [0.2, 0.25) is 0 Å². The van der Waals surface area contributed by atoms with Crippen molar-refractivity contribution in [2.45, 2.75) is 27.3 Å². The Bertz CT molecular complexity index is 345. The van der Waals surface area contributed by atoms with Crippen LogP contribution in [0.4, 0.5) is 5.82 Å². The summed E-state index contributed by atoms with van der Waals surface area (Å²) in [7, 11) is 0. The average molecular weight is 234 g/mol. The van der Waals surface area contributed by atoms with Gasteiger partial charge < -0.3 is 10.2 Å². The van der Waals surface area contributed by atoms with Crippen LogP contribution in [-0.4, -0.2) is 29.6 Å². The molecular weight excluding hydrogens is 212 g/mol. The molecule has 0 saturated carbocycles. The lowest BCUT2D eigenvalue weighted by Gasteiger charge is -2.21. The van der Waals surface area contributed by atoms with Crippen molar-refractivity contribution >= 4 is 5.82 Å². The van der Waals surface area contributed by atoms with Gasteiger partial charge in [0.05, 0.1) is 18.1 Å². The van der Waals surface area contributed by atoms with E-state index in [1.165, 1.54) is 0 Å². The highest BCUT2D eigenvalue weighted by atomic mass is 15.2. The van der Waals surface area contributed by atoms with Crippen molar-refractivity contribution in [2.24, 2.45) is 0 Å². The third kappa shape index (κ3) is 4.53. The molecule has 4 nitrogen and oxygen atoms in total. The van der Waals surface area contributed by atoms with Gasteiger partial charge >= 0.3 is 0 Å². The molecule has 0 atom stereocenters. The third-order valence-electron chi connectivity index (χ3n) is 2.41. The minimum atomic E-state index is 0.774. The second-order valence-electron chi connectivity index (χ2n) is 4.12. The summed E-state index contributed by atoms with van der Waals surface area (Å²) >= 11 is 0. The van der Waals surface area contributed by atoms with Crippen molar-refractivity contribution in [1.82, 2.24) is 15.3 Å². The van der Waals surface area contributed by atoms with E-state index in [0.29, 0.717) is 0 Å². The van der Waals surface area contributed by atoms with Crippen LogP contribution in [0.3, 0.4) is 0 Å². The second-order valence-corrected chi connectivity index (χ2v) is 4.12. The number of hydrogen-bond donors (Lipinski definition) is 1. The molecule has 0 radical (unpaired) electrons. The molecule has 17 heavy (non-hydrogen) atoms. The fourth-order valence-corrected chi connectivity index (χ4v) is 1.54. The number of likely N-dealkylation sites (N-methyl/N-ethyl adjacent to an activating group) is 1. The van der Waals surface area contributed by atoms with Gasteiger partial charge in [0, 0.05) is 19.6 Å². The number of aromatic nitrogens is 2. The Kier molecular flexibility index (Phi) is 5.63. The Morgan fingerprint density at radius 3 is 2.59 bits per heavy atom. The van der Waals surface area contributed by atoms with Gasteiger partial charge in [-0.15, -0.1) is 0 Å². The molecule has 0 amide bonds. The minimum absolute atomic E-state index is 0.774. The standard InChI is InChI=1S/C13H22N4/c1-5-14-7-12-8-16-13(9-15-12)17(6-2)10-11(3)4/h8-9,14H,3,5-7,10H2,1-2,4H3. The van der Waals surface area contributed by atoms with E-state index in [1.807, 2.05) is 19.3 Å². The van der Waals surface area contributed by atoms with E-state index in [9.17, 15) is 0 Å². The molecule has 0 spiro atoms. The topological polar surface area (TPSA) is 41.1 Å². The Morgan fingerprint density at radius 2 is 2.12 bits per heavy atom. The van der Waals surface area contributed by atoms with Gasteiger partial charge in [-0.05, 0) is 20.4 Å². The molecule has 1 rings (SSSR count). The maximum absolute atomic E-state index is 4.44. The van der Waals surface area contributed by atoms with Crippen LogP contribution in [0.25, 0.3) is 0 Å². The van der Waals surface area contributed by atoms with Crippen molar-refractivity contribution in [3.8, 4) is 0 Å². The lowest BCUT2D eigenvalue weighted by Crippen LogP contribution is -2.25. The zero-order valence-electron chi connectivity index (χ0n) is 11.0. The van der Waals surface area contributed by atoms with E-state index < -0.39 is 0 Å². The first-order chi connectivity index (χ1) is 8.17. The smallest absolute Gasteiger partial charge is 0.147 e. The van der Waals surface area contributed by atoms with Crippen LogP contribution >= 0.6 is 0 Å². The van der Waals surface area contributed by atoms with Gasteiger partial charge in [-0.1, -0.05) is 19.1 Å². The molecule has 1 aromatic heterocycles. The van der Waals surface area contributed by atoms with Crippen molar-refractivity contribution in [2.75, 3.05) is 24.5 Å². The van der Waals surface area contributed by atoms with Crippen LogP contribution in [0, 0.1) is 0 Å². The first kappa shape index (κ1) is 13.6. The largest absolute Gasteiger partial charge is 0.352 e. The molecule has 1 aromatic rings. The van der Waals surface area contributed by atoms with Crippen molar-refractivity contribution in [3.05, 3.63) is 30.2 Å². The summed E-state index contributed by atoms with van der Waals surface area (Å²) < 4.78 is 0. The van der Waals surface area contributed by atoms with Crippen LogP contribution < -0.4 is 10.2 Å². The maximum Gasteiger partial charge on any atom is 0.147 e. The van der Waals surface area contributed by atoms with E-state index in [0.717, 1.165) is 43.3 Å². The fraction of sp³-hybridized carbons (Fsp3) is 0.538. The summed E-state index contributed by atoms with van der Waals surface area (Å²) in [5, 5.41) is 3.23. The monoisotopic (exact) mass is 234 g/mol. The molecule has 0 aromatic carbocycles. The third-order valence-corrected chi connectivity index (χ3v) is 2.41. The minimum Gasteiger partial charge on any atom is -0.352 e. The number of nitrogens with zero attached hydrogens (tertiary/aromatic N) is 3. The molecule has 0 aliphatic carbocycles. The van der Waals surface area contributed by atoms with Crippen LogP contribution in [0.1, 0.15) is 26.5 Å². The maximum atomic E-state index is 4.44. The van der Waals surface area contributed by atoms with E-state index in [2.05, 4.69) is 40.6 Å². The second kappa shape index (κ2) is 7.01. The van der Waals surface area contributed by atoms with Crippen LogP contribution in [0.15, 0.2) is 24.5 Å². The zero-order valence-corrected chi connectivity index (χ0v) is 11.0. The van der Waals surface area contributed by atoms with E-state index in [4.69, 9.17) is 0 Å². The highest BCUT2D eigenvalue weighted by Gasteiger charge is 2.06. The number of nitrogens with one attached hydrogen (secondary N) is 1. The first-order valence-corrected chi connectivity index (χ1v) is 6.08. The summed E-state index contributed by atoms with van der Waals surface area (Å²) in [6.07, 6.45) is 3.66. The Balaban J connectivity index is 2.67. The molecule has 1 N–H and O–H groups in total. The summed E-state index contributed by atoms with van der Waals surface area (Å²) in [5.41, 5.74) is 2.10. The van der Waals surface area contributed by atoms with Gasteiger partial charge in [-0.25, -0.2) is 4.98 Å². The number of rotatable bonds is 7. The number of hydrogen-bond acceptors (Lipinski definition) is 4. The predicted octanol–water partition coefficient (Wildman–Crippen LogP) is 1.99. The van der Waals surface area contributed by atoms with Gasteiger partial charge in [-0.2, -0.15) is 0 Å². The molecule has 1 heterocycles. The SMILES string of the molecule is C=C(C)CN(CC)c1cnc(CNCC)cn1. The quantitative estimate of drug-likeness (QED) is 0.733. The molecule has 0 saturated heterocycles. The normalized spacial score (nSPS) is 10.3. The highest BCUT2D eigenvalue weighted by molar-refractivity contribution is 5.37. The van der Waals surface area contributed by atoms with Gasteiger partial charge in [0.15, 0.2) is 0 Å². The zero-order chi connectivity index (χ0) is 12.7. The van der Waals surface area contributed by atoms with Crippen LogP contribution in [-0.2, 0) is 6.54 Å². The Morgan fingerprint density at radius 1 is 1.35 bits per heavy atom. The lowest BCUT2D eigenvalue weighted by molar-refractivity contribution is 0.705.